The first-order valence-corrected chi connectivity index (χ1v) is 13.0. The van der Waals surface area contributed by atoms with Gasteiger partial charge in [-0.25, -0.2) is 0 Å². The number of anilines is 1. The zero-order chi connectivity index (χ0) is 29.1. The van der Waals surface area contributed by atoms with Gasteiger partial charge in [0, 0.05) is 11.8 Å². The summed E-state index contributed by atoms with van der Waals surface area (Å²) in [5.41, 5.74) is 0.513. The van der Waals surface area contributed by atoms with Crippen molar-refractivity contribution in [3.63, 3.8) is 0 Å². The molecule has 1 saturated heterocycles. The lowest BCUT2D eigenvalue weighted by Crippen LogP contribution is -2.29. The van der Waals surface area contributed by atoms with Crippen molar-refractivity contribution in [2.45, 2.75) is 19.9 Å². The number of hydrogen-bond acceptors (Lipinski definition) is 8. The van der Waals surface area contributed by atoms with Crippen LogP contribution < -0.4 is 23.8 Å². The van der Waals surface area contributed by atoms with Crippen molar-refractivity contribution in [2.75, 3.05) is 32.3 Å². The number of amides is 1. The molecule has 0 spiro atoms. The smallest absolute Gasteiger partial charge is 0.300 e. The van der Waals surface area contributed by atoms with Crippen LogP contribution in [0.5, 0.6) is 28.7 Å². The maximum Gasteiger partial charge on any atom is 0.300 e. The first kappa shape index (κ1) is 28.9. The highest BCUT2D eigenvalue weighted by Gasteiger charge is 2.47. The topological polar surface area (TPSA) is 115 Å². The molecule has 1 fully saturated rings. The molecule has 1 atom stereocenters. The number of aliphatic hydroxyl groups excluding tert-OH is 1. The molecule has 0 aromatic heterocycles. The molecule has 40 heavy (non-hydrogen) atoms. The predicted molar refractivity (Wildman–Crippen MR) is 151 cm³/mol. The SMILES string of the molecule is CCOc1ccc(N2C(=O)C(=O)/C(=C(/O)c3cc(Cl)c(OC)c(Cl)c3OC)C2c2ccc(O)cc2)cc1OCC. The Labute approximate surface area is 241 Å². The largest absolute Gasteiger partial charge is 0.508 e. The van der Waals surface area contributed by atoms with Crippen LogP contribution in [0.3, 0.4) is 0 Å². The Kier molecular flexibility index (Phi) is 8.66. The number of aliphatic hydroxyl groups is 1. The Morgan fingerprint density at radius 1 is 0.900 bits per heavy atom. The van der Waals surface area contributed by atoms with E-state index in [2.05, 4.69) is 0 Å². The lowest BCUT2D eigenvalue weighted by molar-refractivity contribution is -0.132. The number of benzene rings is 3. The van der Waals surface area contributed by atoms with Gasteiger partial charge < -0.3 is 29.2 Å². The lowest BCUT2D eigenvalue weighted by atomic mass is 9.94. The molecule has 1 heterocycles. The summed E-state index contributed by atoms with van der Waals surface area (Å²) in [5.74, 6) is -1.46. The highest BCUT2D eigenvalue weighted by atomic mass is 35.5. The van der Waals surface area contributed by atoms with Crippen LogP contribution in [0.1, 0.15) is 31.0 Å². The fraction of sp³-hybridized carbons (Fsp3) is 0.241. The minimum atomic E-state index is -1.10. The third-order valence-electron chi connectivity index (χ3n) is 6.25. The summed E-state index contributed by atoms with van der Waals surface area (Å²) in [4.78, 5) is 28.4. The Bertz CT molecular complexity index is 1490. The highest BCUT2D eigenvalue weighted by Crippen LogP contribution is 2.48. The van der Waals surface area contributed by atoms with Gasteiger partial charge in [0.2, 0.25) is 0 Å². The van der Waals surface area contributed by atoms with Gasteiger partial charge >= 0.3 is 0 Å². The van der Waals surface area contributed by atoms with E-state index in [1.54, 1.807) is 30.3 Å². The summed E-state index contributed by atoms with van der Waals surface area (Å²) in [6.07, 6.45) is 0. The summed E-state index contributed by atoms with van der Waals surface area (Å²) in [7, 11) is 2.70. The van der Waals surface area contributed by atoms with Crippen LogP contribution in [-0.2, 0) is 9.59 Å². The second kappa shape index (κ2) is 12.0. The van der Waals surface area contributed by atoms with E-state index in [1.165, 1.54) is 37.3 Å². The number of ether oxygens (including phenoxy) is 4. The zero-order valence-electron chi connectivity index (χ0n) is 22.2. The Balaban J connectivity index is 1.99. The fourth-order valence-corrected chi connectivity index (χ4v) is 5.24. The average molecular weight is 588 g/mol. The van der Waals surface area contributed by atoms with Gasteiger partial charge in [-0.15, -0.1) is 0 Å². The monoisotopic (exact) mass is 587 g/mol. The van der Waals surface area contributed by atoms with Crippen molar-refractivity contribution in [2.24, 2.45) is 0 Å². The molecular formula is C29H27Cl2NO8. The summed E-state index contributed by atoms with van der Waals surface area (Å²) in [6, 6.07) is 11.0. The van der Waals surface area contributed by atoms with Gasteiger partial charge in [-0.3, -0.25) is 14.5 Å². The fourth-order valence-electron chi connectivity index (χ4n) is 4.55. The van der Waals surface area contributed by atoms with Crippen molar-refractivity contribution in [1.82, 2.24) is 0 Å². The Morgan fingerprint density at radius 3 is 2.12 bits per heavy atom. The first-order chi connectivity index (χ1) is 19.2. The Hall–Kier alpha value is -4.08. The second-order valence-corrected chi connectivity index (χ2v) is 9.33. The molecule has 0 bridgehead atoms. The number of phenolic OH excluding ortho intramolecular Hbond substituents is 1. The normalized spacial score (nSPS) is 16.2. The number of phenols is 1. The third kappa shape index (κ3) is 5.10. The molecule has 2 N–H and O–H groups in total. The summed E-state index contributed by atoms with van der Waals surface area (Å²) in [5, 5.41) is 21.5. The van der Waals surface area contributed by atoms with E-state index >= 15 is 0 Å². The molecule has 4 rings (SSSR count). The maximum atomic E-state index is 13.6. The van der Waals surface area contributed by atoms with Crippen molar-refractivity contribution in [1.29, 1.82) is 0 Å². The minimum absolute atomic E-state index is 0.00392. The molecule has 0 aliphatic carbocycles. The number of carbonyl (C=O) groups excluding carboxylic acids is 2. The Morgan fingerprint density at radius 2 is 1.52 bits per heavy atom. The molecule has 1 unspecified atom stereocenters. The molecule has 3 aromatic rings. The number of ketones is 1. The molecule has 0 saturated carbocycles. The van der Waals surface area contributed by atoms with E-state index in [0.29, 0.717) is 36.0 Å². The van der Waals surface area contributed by atoms with Crippen LogP contribution >= 0.6 is 23.2 Å². The molecule has 3 aromatic carbocycles. The van der Waals surface area contributed by atoms with Crippen LogP contribution in [0, 0.1) is 0 Å². The minimum Gasteiger partial charge on any atom is -0.508 e. The quantitative estimate of drug-likeness (QED) is 0.174. The molecule has 9 nitrogen and oxygen atoms in total. The van der Waals surface area contributed by atoms with Crippen molar-refractivity contribution in [3.05, 3.63) is 75.3 Å². The van der Waals surface area contributed by atoms with E-state index in [4.69, 9.17) is 42.1 Å². The predicted octanol–water partition coefficient (Wildman–Crippen LogP) is 6.14. The van der Waals surface area contributed by atoms with Gasteiger partial charge in [-0.2, -0.15) is 0 Å². The highest BCUT2D eigenvalue weighted by molar-refractivity contribution is 6.52. The third-order valence-corrected chi connectivity index (χ3v) is 6.88. The van der Waals surface area contributed by atoms with Crippen LogP contribution in [0.4, 0.5) is 5.69 Å². The van der Waals surface area contributed by atoms with E-state index < -0.39 is 23.5 Å². The van der Waals surface area contributed by atoms with Crippen LogP contribution in [0.15, 0.2) is 54.1 Å². The molecule has 0 radical (unpaired) electrons. The number of nitrogens with zero attached hydrogens (tertiary/aromatic N) is 1. The molecule has 1 aliphatic heterocycles. The lowest BCUT2D eigenvalue weighted by Gasteiger charge is -2.26. The zero-order valence-corrected chi connectivity index (χ0v) is 23.7. The average Bonchev–Trinajstić information content (AvgIpc) is 3.20. The summed E-state index contributed by atoms with van der Waals surface area (Å²) < 4.78 is 22.0. The van der Waals surface area contributed by atoms with Crippen molar-refractivity contribution < 1.29 is 38.7 Å². The summed E-state index contributed by atoms with van der Waals surface area (Å²) in [6.45, 7) is 4.37. The molecule has 11 heteroatoms. The molecule has 210 valence electrons. The van der Waals surface area contributed by atoms with E-state index in [1.807, 2.05) is 13.8 Å². The first-order valence-electron chi connectivity index (χ1n) is 12.3. The van der Waals surface area contributed by atoms with Crippen molar-refractivity contribution >= 4 is 46.3 Å². The van der Waals surface area contributed by atoms with E-state index in [9.17, 15) is 19.8 Å². The van der Waals surface area contributed by atoms with E-state index in [-0.39, 0.29) is 38.4 Å². The summed E-state index contributed by atoms with van der Waals surface area (Å²) >= 11 is 12.8. The second-order valence-electron chi connectivity index (χ2n) is 8.54. The molecule has 1 aliphatic rings. The van der Waals surface area contributed by atoms with Gasteiger partial charge in [-0.05, 0) is 49.7 Å². The number of aromatic hydroxyl groups is 1. The maximum absolute atomic E-state index is 13.6. The van der Waals surface area contributed by atoms with Gasteiger partial charge in [0.15, 0.2) is 23.0 Å². The van der Waals surface area contributed by atoms with Gasteiger partial charge in [0.05, 0.1) is 49.6 Å². The van der Waals surface area contributed by atoms with Gasteiger partial charge in [0.25, 0.3) is 11.7 Å². The van der Waals surface area contributed by atoms with E-state index in [0.717, 1.165) is 0 Å². The number of carbonyl (C=O) groups is 2. The number of rotatable bonds is 9. The standard InChI is InChI=1S/C29H27Cl2NO8/c1-5-39-20-12-9-16(13-21(20)40-6-2)32-24(15-7-10-17(33)11-8-15)22(26(35)29(32)36)25(34)18-14-19(30)28(38-4)23(31)27(18)37-3/h7-14,24,33-34H,5-6H2,1-4H3/b25-22+. The number of halogens is 2. The number of hydrogen-bond donors (Lipinski definition) is 2. The van der Waals surface area contributed by atoms with Crippen LogP contribution in [0.2, 0.25) is 10.0 Å². The van der Waals surface area contributed by atoms with Crippen LogP contribution in [0.25, 0.3) is 5.76 Å². The molecular weight excluding hydrogens is 561 g/mol. The van der Waals surface area contributed by atoms with Gasteiger partial charge in [-0.1, -0.05) is 35.3 Å². The van der Waals surface area contributed by atoms with Gasteiger partial charge in [0.1, 0.15) is 16.5 Å². The van der Waals surface area contributed by atoms with Crippen molar-refractivity contribution in [3.8, 4) is 28.7 Å². The number of methoxy groups -OCH3 is 2. The number of Topliss-reactive ketones (excluding diaryl/α,β-unsaturated/α-hetero) is 1. The molecule has 1 amide bonds. The van der Waals surface area contributed by atoms with Crippen LogP contribution in [-0.4, -0.2) is 49.3 Å².